The molecule has 1 rings (SSSR count). The quantitative estimate of drug-likeness (QED) is 0.514. The summed E-state index contributed by atoms with van der Waals surface area (Å²) in [6.45, 7) is 6.23. The second kappa shape index (κ2) is 4.11. The molecule has 80 valence electrons. The van der Waals surface area contributed by atoms with E-state index in [0.29, 0.717) is 19.4 Å². The normalized spacial score (nSPS) is 31.9. The van der Waals surface area contributed by atoms with Crippen molar-refractivity contribution in [2.45, 2.75) is 40.0 Å². The van der Waals surface area contributed by atoms with Gasteiger partial charge in [-0.15, -0.1) is 0 Å². The van der Waals surface area contributed by atoms with E-state index in [-0.39, 0.29) is 17.2 Å². The topological polar surface area (TPSA) is 43.4 Å². The fourth-order valence-corrected chi connectivity index (χ4v) is 1.95. The molecule has 3 heteroatoms. The molecule has 0 aromatic carbocycles. The first-order valence-corrected chi connectivity index (χ1v) is 5.22. The van der Waals surface area contributed by atoms with Crippen LogP contribution in [0, 0.1) is 11.3 Å². The van der Waals surface area contributed by atoms with Gasteiger partial charge >= 0.3 is 5.97 Å². The highest BCUT2D eigenvalue weighted by molar-refractivity contribution is 6.01. The van der Waals surface area contributed by atoms with Gasteiger partial charge in [0.15, 0.2) is 0 Å². The number of esters is 1. The SMILES string of the molecule is CCOC(=O)C1CC(C)(CC)CC1=O. The minimum absolute atomic E-state index is 0.00844. The molecular formula is C11H18O3. The van der Waals surface area contributed by atoms with Gasteiger partial charge < -0.3 is 4.74 Å². The maximum absolute atomic E-state index is 11.6. The maximum atomic E-state index is 11.6. The zero-order valence-corrected chi connectivity index (χ0v) is 9.13. The van der Waals surface area contributed by atoms with Gasteiger partial charge in [0.25, 0.3) is 0 Å². The lowest BCUT2D eigenvalue weighted by atomic mass is 9.85. The average molecular weight is 198 g/mol. The molecule has 0 saturated heterocycles. The van der Waals surface area contributed by atoms with E-state index in [0.717, 1.165) is 6.42 Å². The van der Waals surface area contributed by atoms with E-state index in [4.69, 9.17) is 4.74 Å². The van der Waals surface area contributed by atoms with Crippen LogP contribution in [0.3, 0.4) is 0 Å². The van der Waals surface area contributed by atoms with Crippen molar-refractivity contribution in [2.24, 2.45) is 11.3 Å². The minimum atomic E-state index is -0.500. The molecule has 0 amide bonds. The Hall–Kier alpha value is -0.860. The molecule has 0 heterocycles. The van der Waals surface area contributed by atoms with Gasteiger partial charge in [-0.2, -0.15) is 0 Å². The van der Waals surface area contributed by atoms with E-state index in [2.05, 4.69) is 13.8 Å². The molecule has 0 N–H and O–H groups in total. The standard InChI is InChI=1S/C11H18O3/c1-4-11(3)6-8(9(12)7-11)10(13)14-5-2/h8H,4-7H2,1-3H3. The summed E-state index contributed by atoms with van der Waals surface area (Å²) in [5, 5.41) is 0. The van der Waals surface area contributed by atoms with Crippen molar-refractivity contribution in [1.29, 1.82) is 0 Å². The summed E-state index contributed by atoms with van der Waals surface area (Å²) in [5.41, 5.74) is 0.00844. The van der Waals surface area contributed by atoms with E-state index in [1.54, 1.807) is 6.92 Å². The highest BCUT2D eigenvalue weighted by Gasteiger charge is 2.44. The summed E-state index contributed by atoms with van der Waals surface area (Å²) in [5.74, 6) is -0.789. The zero-order chi connectivity index (χ0) is 10.8. The summed E-state index contributed by atoms with van der Waals surface area (Å²) in [7, 11) is 0. The molecule has 0 radical (unpaired) electrons. The van der Waals surface area contributed by atoms with Crippen LogP contribution in [0.2, 0.25) is 0 Å². The summed E-state index contributed by atoms with van der Waals surface area (Å²) >= 11 is 0. The molecule has 0 spiro atoms. The third-order valence-electron chi connectivity index (χ3n) is 3.11. The van der Waals surface area contributed by atoms with Gasteiger partial charge in [-0.05, 0) is 18.8 Å². The Labute approximate surface area is 84.8 Å². The van der Waals surface area contributed by atoms with E-state index >= 15 is 0 Å². The van der Waals surface area contributed by atoms with Gasteiger partial charge in [0.2, 0.25) is 0 Å². The molecule has 2 atom stereocenters. The van der Waals surface area contributed by atoms with Crippen LogP contribution in [0.5, 0.6) is 0 Å². The van der Waals surface area contributed by atoms with Gasteiger partial charge in [-0.3, -0.25) is 9.59 Å². The zero-order valence-electron chi connectivity index (χ0n) is 9.13. The van der Waals surface area contributed by atoms with Crippen molar-refractivity contribution in [1.82, 2.24) is 0 Å². The maximum Gasteiger partial charge on any atom is 0.316 e. The number of ether oxygens (including phenoxy) is 1. The van der Waals surface area contributed by atoms with Gasteiger partial charge in [-0.25, -0.2) is 0 Å². The molecule has 0 aliphatic heterocycles. The molecule has 0 bridgehead atoms. The third-order valence-corrected chi connectivity index (χ3v) is 3.11. The Bertz CT molecular complexity index is 239. The summed E-state index contributed by atoms with van der Waals surface area (Å²) in [6.07, 6.45) is 2.11. The van der Waals surface area contributed by atoms with Crippen molar-refractivity contribution in [3.8, 4) is 0 Å². The summed E-state index contributed by atoms with van der Waals surface area (Å²) < 4.78 is 4.87. The van der Waals surface area contributed by atoms with Crippen LogP contribution in [0.1, 0.15) is 40.0 Å². The highest BCUT2D eigenvalue weighted by atomic mass is 16.5. The Morgan fingerprint density at radius 3 is 2.64 bits per heavy atom. The van der Waals surface area contributed by atoms with Crippen LogP contribution in [0.25, 0.3) is 0 Å². The van der Waals surface area contributed by atoms with Crippen LogP contribution < -0.4 is 0 Å². The van der Waals surface area contributed by atoms with Crippen LogP contribution in [0.4, 0.5) is 0 Å². The number of ketones is 1. The smallest absolute Gasteiger partial charge is 0.316 e. The monoisotopic (exact) mass is 198 g/mol. The van der Waals surface area contributed by atoms with Crippen molar-refractivity contribution in [3.63, 3.8) is 0 Å². The average Bonchev–Trinajstić information content (AvgIpc) is 2.43. The molecule has 0 aromatic rings. The van der Waals surface area contributed by atoms with Crippen molar-refractivity contribution in [2.75, 3.05) is 6.61 Å². The number of carbonyl (C=O) groups is 2. The number of carbonyl (C=O) groups excluding carboxylic acids is 2. The first kappa shape index (κ1) is 11.2. The van der Waals surface area contributed by atoms with Crippen LogP contribution >= 0.6 is 0 Å². The Morgan fingerprint density at radius 1 is 1.57 bits per heavy atom. The molecule has 1 aliphatic carbocycles. The molecule has 14 heavy (non-hydrogen) atoms. The summed E-state index contributed by atoms with van der Waals surface area (Å²) in [4.78, 5) is 23.0. The first-order chi connectivity index (χ1) is 6.52. The molecule has 1 fully saturated rings. The lowest BCUT2D eigenvalue weighted by Crippen LogP contribution is -2.21. The molecule has 1 aliphatic rings. The number of Topliss-reactive ketones (excluding diaryl/α,β-unsaturated/α-hetero) is 1. The van der Waals surface area contributed by atoms with Crippen LogP contribution in [0.15, 0.2) is 0 Å². The molecule has 3 nitrogen and oxygen atoms in total. The van der Waals surface area contributed by atoms with Gasteiger partial charge in [0, 0.05) is 6.42 Å². The van der Waals surface area contributed by atoms with Crippen molar-refractivity contribution < 1.29 is 14.3 Å². The van der Waals surface area contributed by atoms with E-state index in [1.165, 1.54) is 0 Å². The Morgan fingerprint density at radius 2 is 2.21 bits per heavy atom. The molecule has 0 aromatic heterocycles. The predicted octanol–water partition coefficient (Wildman–Crippen LogP) is 1.94. The van der Waals surface area contributed by atoms with E-state index in [9.17, 15) is 9.59 Å². The van der Waals surface area contributed by atoms with Crippen LogP contribution in [-0.4, -0.2) is 18.4 Å². The minimum Gasteiger partial charge on any atom is -0.465 e. The van der Waals surface area contributed by atoms with E-state index < -0.39 is 5.92 Å². The highest BCUT2D eigenvalue weighted by Crippen LogP contribution is 2.41. The molecule has 1 saturated carbocycles. The first-order valence-electron chi connectivity index (χ1n) is 5.22. The van der Waals surface area contributed by atoms with Crippen molar-refractivity contribution >= 4 is 11.8 Å². The number of rotatable bonds is 3. The number of hydrogen-bond donors (Lipinski definition) is 0. The fraction of sp³-hybridized carbons (Fsp3) is 0.818. The Balaban J connectivity index is 2.65. The molecular weight excluding hydrogens is 180 g/mol. The van der Waals surface area contributed by atoms with E-state index in [1.807, 2.05) is 0 Å². The lowest BCUT2D eigenvalue weighted by molar-refractivity contribution is -0.150. The Kier molecular flexibility index (Phi) is 3.29. The van der Waals surface area contributed by atoms with Crippen molar-refractivity contribution in [3.05, 3.63) is 0 Å². The van der Waals surface area contributed by atoms with Gasteiger partial charge in [0.1, 0.15) is 11.7 Å². The van der Waals surface area contributed by atoms with Crippen LogP contribution in [-0.2, 0) is 14.3 Å². The second-order valence-electron chi connectivity index (χ2n) is 4.32. The fourth-order valence-electron chi connectivity index (χ4n) is 1.95. The molecule has 2 unspecified atom stereocenters. The predicted molar refractivity (Wildman–Crippen MR) is 52.8 cm³/mol. The second-order valence-corrected chi connectivity index (χ2v) is 4.32. The third kappa shape index (κ3) is 2.14. The lowest BCUT2D eigenvalue weighted by Gasteiger charge is -2.19. The largest absolute Gasteiger partial charge is 0.465 e. The summed E-state index contributed by atoms with van der Waals surface area (Å²) in [6, 6.07) is 0. The van der Waals surface area contributed by atoms with Gasteiger partial charge in [0.05, 0.1) is 6.61 Å². The van der Waals surface area contributed by atoms with Gasteiger partial charge in [-0.1, -0.05) is 20.3 Å². The number of hydrogen-bond acceptors (Lipinski definition) is 3.